The van der Waals surface area contributed by atoms with E-state index in [2.05, 4.69) is 5.32 Å². The number of hydrogen-bond donors (Lipinski definition) is 1. The minimum absolute atomic E-state index is 0.163. The minimum atomic E-state index is -0.457. The first-order chi connectivity index (χ1) is 5.27. The van der Waals surface area contributed by atoms with Crippen molar-refractivity contribution in [1.82, 2.24) is 5.32 Å². The van der Waals surface area contributed by atoms with Crippen molar-refractivity contribution >= 4 is 11.8 Å². The van der Waals surface area contributed by atoms with Gasteiger partial charge in [-0.1, -0.05) is 27.7 Å². The molecule has 0 bridgehead atoms. The second-order valence-electron chi connectivity index (χ2n) is 4.56. The predicted octanol–water partition coefficient (Wildman–Crippen LogP) is 1.09. The molecule has 2 amide bonds. The van der Waals surface area contributed by atoms with Crippen molar-refractivity contribution in [3.05, 3.63) is 0 Å². The molecular weight excluding hydrogens is 154 g/mol. The van der Waals surface area contributed by atoms with Crippen LogP contribution in [-0.4, -0.2) is 11.8 Å². The van der Waals surface area contributed by atoms with Crippen LogP contribution in [-0.2, 0) is 9.59 Å². The minimum Gasteiger partial charge on any atom is -0.296 e. The number of amides is 2. The highest BCUT2D eigenvalue weighted by Gasteiger charge is 2.48. The van der Waals surface area contributed by atoms with Gasteiger partial charge in [0.1, 0.15) is 0 Å². The first kappa shape index (κ1) is 9.23. The molecule has 1 aliphatic heterocycles. The van der Waals surface area contributed by atoms with Gasteiger partial charge in [-0.15, -0.1) is 0 Å². The lowest BCUT2D eigenvalue weighted by Gasteiger charge is -2.43. The van der Waals surface area contributed by atoms with Crippen LogP contribution >= 0.6 is 0 Å². The average Bonchev–Trinajstić information content (AvgIpc) is 1.82. The van der Waals surface area contributed by atoms with Crippen LogP contribution in [0.3, 0.4) is 0 Å². The van der Waals surface area contributed by atoms with Crippen LogP contribution in [0, 0.1) is 10.8 Å². The first-order valence-corrected chi connectivity index (χ1v) is 4.12. The number of imide groups is 1. The maximum atomic E-state index is 11.4. The van der Waals surface area contributed by atoms with Gasteiger partial charge in [0, 0.05) is 11.8 Å². The lowest BCUT2D eigenvalue weighted by atomic mass is 9.63. The summed E-state index contributed by atoms with van der Waals surface area (Å²) in [6, 6.07) is 0. The third-order valence-corrected chi connectivity index (χ3v) is 3.12. The van der Waals surface area contributed by atoms with Gasteiger partial charge in [-0.2, -0.15) is 0 Å². The van der Waals surface area contributed by atoms with E-state index in [0.717, 1.165) is 0 Å². The molecule has 1 rings (SSSR count). The highest BCUT2D eigenvalue weighted by molar-refractivity contribution is 6.01. The number of nitrogens with one attached hydrogen (secondary N) is 1. The third kappa shape index (κ3) is 1.13. The zero-order valence-corrected chi connectivity index (χ0v) is 8.02. The fourth-order valence-corrected chi connectivity index (χ4v) is 1.26. The molecule has 1 fully saturated rings. The summed E-state index contributed by atoms with van der Waals surface area (Å²) in [5.74, 6) is -0.326. The lowest BCUT2D eigenvalue weighted by molar-refractivity contribution is -0.148. The number of hydrogen-bond acceptors (Lipinski definition) is 2. The lowest BCUT2D eigenvalue weighted by Crippen LogP contribution is -2.55. The van der Waals surface area contributed by atoms with E-state index in [1.165, 1.54) is 0 Å². The highest BCUT2D eigenvalue weighted by atomic mass is 16.2. The smallest absolute Gasteiger partial charge is 0.232 e. The normalized spacial score (nSPS) is 26.7. The van der Waals surface area contributed by atoms with Crippen LogP contribution in [0.2, 0.25) is 0 Å². The Hall–Kier alpha value is -0.860. The van der Waals surface area contributed by atoms with Crippen LogP contribution in [0.25, 0.3) is 0 Å². The number of carbonyl (C=O) groups excluding carboxylic acids is 2. The predicted molar refractivity (Wildman–Crippen MR) is 45.3 cm³/mol. The number of rotatable bonds is 0. The quantitative estimate of drug-likeness (QED) is 0.552. The molecular formula is C9H15NO2. The molecule has 3 nitrogen and oxygen atoms in total. The van der Waals surface area contributed by atoms with Crippen LogP contribution in [0.5, 0.6) is 0 Å². The molecule has 0 aromatic carbocycles. The molecule has 0 radical (unpaired) electrons. The second kappa shape index (κ2) is 2.31. The van der Waals surface area contributed by atoms with E-state index in [1.54, 1.807) is 0 Å². The Bertz CT molecular complexity index is 241. The summed E-state index contributed by atoms with van der Waals surface area (Å²) >= 11 is 0. The van der Waals surface area contributed by atoms with Crippen molar-refractivity contribution in [2.24, 2.45) is 10.8 Å². The van der Waals surface area contributed by atoms with Crippen LogP contribution in [0.15, 0.2) is 0 Å². The van der Waals surface area contributed by atoms with Gasteiger partial charge in [-0.3, -0.25) is 14.9 Å². The van der Waals surface area contributed by atoms with E-state index in [0.29, 0.717) is 6.42 Å². The maximum Gasteiger partial charge on any atom is 0.232 e. The fourth-order valence-electron chi connectivity index (χ4n) is 1.26. The van der Waals surface area contributed by atoms with Gasteiger partial charge in [0.2, 0.25) is 11.8 Å². The summed E-state index contributed by atoms with van der Waals surface area (Å²) in [6.07, 6.45) is 0.422. The van der Waals surface area contributed by atoms with Crippen LogP contribution in [0.4, 0.5) is 0 Å². The Morgan fingerprint density at radius 2 is 1.67 bits per heavy atom. The van der Waals surface area contributed by atoms with Gasteiger partial charge in [-0.05, 0) is 5.41 Å². The molecule has 3 heteroatoms. The standard InChI is InChI=1S/C9H15NO2/c1-8(2)5-6(11)10-7(12)9(8,3)4/h5H2,1-4H3,(H,10,11,12). The zero-order chi connectivity index (χ0) is 9.57. The summed E-state index contributed by atoms with van der Waals surface area (Å²) in [7, 11) is 0. The van der Waals surface area contributed by atoms with Crippen molar-refractivity contribution in [2.45, 2.75) is 34.1 Å². The molecule has 1 saturated heterocycles. The van der Waals surface area contributed by atoms with E-state index in [-0.39, 0.29) is 17.2 Å². The summed E-state index contributed by atoms with van der Waals surface area (Å²) in [5, 5.41) is 2.35. The molecule has 0 unspecified atom stereocenters. The van der Waals surface area contributed by atoms with E-state index in [9.17, 15) is 9.59 Å². The van der Waals surface area contributed by atoms with E-state index >= 15 is 0 Å². The molecule has 12 heavy (non-hydrogen) atoms. The Kier molecular flexibility index (Phi) is 1.78. The number of carbonyl (C=O) groups is 2. The van der Waals surface area contributed by atoms with Gasteiger partial charge in [0.15, 0.2) is 0 Å². The molecule has 68 valence electrons. The van der Waals surface area contributed by atoms with Crippen molar-refractivity contribution in [1.29, 1.82) is 0 Å². The fraction of sp³-hybridized carbons (Fsp3) is 0.778. The van der Waals surface area contributed by atoms with Gasteiger partial charge in [0.05, 0.1) is 0 Å². The molecule has 1 aliphatic rings. The van der Waals surface area contributed by atoms with Crippen molar-refractivity contribution in [2.75, 3.05) is 0 Å². The monoisotopic (exact) mass is 169 g/mol. The molecule has 1 heterocycles. The molecule has 0 aliphatic carbocycles. The molecule has 0 atom stereocenters. The van der Waals surface area contributed by atoms with Crippen molar-refractivity contribution < 1.29 is 9.59 Å². The highest BCUT2D eigenvalue weighted by Crippen LogP contribution is 2.43. The zero-order valence-electron chi connectivity index (χ0n) is 8.02. The molecule has 0 aromatic rings. The second-order valence-corrected chi connectivity index (χ2v) is 4.56. The molecule has 0 spiro atoms. The summed E-state index contributed by atoms with van der Waals surface area (Å²) < 4.78 is 0. The summed E-state index contributed by atoms with van der Waals surface area (Å²) in [6.45, 7) is 7.64. The van der Waals surface area contributed by atoms with E-state index in [4.69, 9.17) is 0 Å². The van der Waals surface area contributed by atoms with Crippen molar-refractivity contribution in [3.63, 3.8) is 0 Å². The Morgan fingerprint density at radius 1 is 1.17 bits per heavy atom. The summed E-state index contributed by atoms with van der Waals surface area (Å²) in [4.78, 5) is 22.5. The molecule has 0 aromatic heterocycles. The third-order valence-electron chi connectivity index (χ3n) is 3.12. The number of piperidine rings is 1. The van der Waals surface area contributed by atoms with E-state index in [1.807, 2.05) is 27.7 Å². The molecule has 1 N–H and O–H groups in total. The SMILES string of the molecule is CC1(C)CC(=O)NC(=O)C1(C)C. The Balaban J connectivity index is 3.02. The van der Waals surface area contributed by atoms with Crippen LogP contribution < -0.4 is 5.32 Å². The van der Waals surface area contributed by atoms with Gasteiger partial charge < -0.3 is 0 Å². The summed E-state index contributed by atoms with van der Waals surface area (Å²) in [5.41, 5.74) is -0.701. The van der Waals surface area contributed by atoms with Crippen molar-refractivity contribution in [3.8, 4) is 0 Å². The van der Waals surface area contributed by atoms with Crippen LogP contribution in [0.1, 0.15) is 34.1 Å². The average molecular weight is 169 g/mol. The van der Waals surface area contributed by atoms with Gasteiger partial charge >= 0.3 is 0 Å². The topological polar surface area (TPSA) is 46.2 Å². The Labute approximate surface area is 72.5 Å². The van der Waals surface area contributed by atoms with Gasteiger partial charge in [-0.25, -0.2) is 0 Å². The Morgan fingerprint density at radius 3 is 2.08 bits per heavy atom. The van der Waals surface area contributed by atoms with E-state index < -0.39 is 5.41 Å². The molecule has 0 saturated carbocycles. The van der Waals surface area contributed by atoms with Gasteiger partial charge in [0.25, 0.3) is 0 Å². The maximum absolute atomic E-state index is 11.4. The largest absolute Gasteiger partial charge is 0.296 e. The first-order valence-electron chi connectivity index (χ1n) is 4.12.